The van der Waals surface area contributed by atoms with Crippen molar-refractivity contribution in [2.75, 3.05) is 0 Å². The van der Waals surface area contributed by atoms with Crippen LogP contribution in [0.3, 0.4) is 0 Å². The molecule has 2 rings (SSSR count). The number of nitrogens with two attached hydrogens (primary N) is 1. The number of para-hydroxylation sites is 1. The molecule has 0 aromatic heterocycles. The molecule has 0 fully saturated rings. The number of benzene rings is 2. The van der Waals surface area contributed by atoms with Gasteiger partial charge in [-0.25, -0.2) is 4.99 Å². The minimum Gasteiger partial charge on any atom is -0.457 e. The van der Waals surface area contributed by atoms with Crippen molar-refractivity contribution in [3.05, 3.63) is 53.6 Å². The van der Waals surface area contributed by atoms with Gasteiger partial charge in [0, 0.05) is 6.42 Å². The molecule has 2 aromatic rings. The maximum absolute atomic E-state index is 6.21. The summed E-state index contributed by atoms with van der Waals surface area (Å²) in [5.41, 5.74) is 9.59. The van der Waals surface area contributed by atoms with Gasteiger partial charge in [0.15, 0.2) is 0 Å². The van der Waals surface area contributed by atoms with Gasteiger partial charge in [-0.3, -0.25) is 0 Å². The highest BCUT2D eigenvalue weighted by molar-refractivity contribution is 5.84. The monoisotopic (exact) mass is 352 g/mol. The summed E-state index contributed by atoms with van der Waals surface area (Å²) in [6.45, 7) is 10.9. The van der Waals surface area contributed by atoms with E-state index < -0.39 is 0 Å². The minimum absolute atomic E-state index is 0.338. The van der Waals surface area contributed by atoms with E-state index in [1.807, 2.05) is 30.3 Å². The van der Waals surface area contributed by atoms with Gasteiger partial charge in [0.1, 0.15) is 11.5 Å². The van der Waals surface area contributed by atoms with Crippen LogP contribution < -0.4 is 10.5 Å². The smallest absolute Gasteiger partial charge is 0.128 e. The van der Waals surface area contributed by atoms with Gasteiger partial charge >= 0.3 is 0 Å². The molecule has 0 bridgehead atoms. The van der Waals surface area contributed by atoms with E-state index in [1.165, 1.54) is 11.1 Å². The number of hydrogen-bond acceptors (Lipinski definition) is 2. The Labute approximate surface area is 158 Å². The summed E-state index contributed by atoms with van der Waals surface area (Å²) in [5.74, 6) is 3.09. The van der Waals surface area contributed by atoms with Crippen LogP contribution in [0.2, 0.25) is 0 Å². The molecule has 0 heterocycles. The van der Waals surface area contributed by atoms with Crippen LogP contribution in [0, 0.1) is 0 Å². The molecule has 2 N–H and O–H groups in total. The van der Waals surface area contributed by atoms with Gasteiger partial charge < -0.3 is 10.5 Å². The van der Waals surface area contributed by atoms with E-state index >= 15 is 0 Å². The predicted octanol–water partition coefficient (Wildman–Crippen LogP) is 6.90. The molecular formula is C23H32N2O. The van der Waals surface area contributed by atoms with Crippen LogP contribution in [0.4, 0.5) is 5.69 Å². The molecule has 0 saturated heterocycles. The topological polar surface area (TPSA) is 47.6 Å². The lowest BCUT2D eigenvalue weighted by molar-refractivity contribution is 0.480. The first-order chi connectivity index (χ1) is 12.4. The standard InChI is InChI=1S/C23H32N2O/c1-6-7-13-22(24)25-23-20(16(2)3)14-19(15-21(23)17(4)5)26-18-11-9-8-10-12-18/h8-12,14-17H,6-7,13H2,1-5H3,(H2,24,25). The Morgan fingerprint density at radius 2 is 1.54 bits per heavy atom. The first kappa shape index (κ1) is 20.0. The zero-order valence-corrected chi connectivity index (χ0v) is 16.8. The van der Waals surface area contributed by atoms with Gasteiger partial charge in [-0.2, -0.15) is 0 Å². The van der Waals surface area contributed by atoms with Gasteiger partial charge in [-0.1, -0.05) is 59.2 Å². The van der Waals surface area contributed by atoms with E-state index in [0.29, 0.717) is 17.7 Å². The number of amidine groups is 1. The van der Waals surface area contributed by atoms with Crippen LogP contribution in [0.1, 0.15) is 76.8 Å². The van der Waals surface area contributed by atoms with Crippen molar-refractivity contribution in [3.63, 3.8) is 0 Å². The highest BCUT2D eigenvalue weighted by Gasteiger charge is 2.17. The van der Waals surface area contributed by atoms with E-state index in [-0.39, 0.29) is 0 Å². The fraction of sp³-hybridized carbons (Fsp3) is 0.435. The van der Waals surface area contributed by atoms with Gasteiger partial charge in [0.25, 0.3) is 0 Å². The zero-order chi connectivity index (χ0) is 19.1. The number of hydrogen-bond donors (Lipinski definition) is 1. The molecule has 0 aliphatic heterocycles. The summed E-state index contributed by atoms with van der Waals surface area (Å²) in [7, 11) is 0. The van der Waals surface area contributed by atoms with Crippen LogP contribution in [-0.2, 0) is 0 Å². The maximum Gasteiger partial charge on any atom is 0.128 e. The van der Waals surface area contributed by atoms with Gasteiger partial charge in [0.2, 0.25) is 0 Å². The summed E-state index contributed by atoms with van der Waals surface area (Å²) >= 11 is 0. The van der Waals surface area contributed by atoms with Crippen LogP contribution in [0.15, 0.2) is 47.5 Å². The van der Waals surface area contributed by atoms with E-state index in [9.17, 15) is 0 Å². The Morgan fingerprint density at radius 3 is 2.04 bits per heavy atom. The molecule has 0 atom stereocenters. The van der Waals surface area contributed by atoms with Crippen molar-refractivity contribution in [1.82, 2.24) is 0 Å². The Bertz CT molecular complexity index is 704. The van der Waals surface area contributed by atoms with Gasteiger partial charge in [-0.15, -0.1) is 0 Å². The quantitative estimate of drug-likeness (QED) is 0.414. The van der Waals surface area contributed by atoms with Crippen molar-refractivity contribution in [1.29, 1.82) is 0 Å². The fourth-order valence-electron chi connectivity index (χ4n) is 2.90. The molecule has 0 unspecified atom stereocenters. The largest absolute Gasteiger partial charge is 0.457 e. The Hall–Kier alpha value is -2.29. The molecule has 0 saturated carbocycles. The molecule has 140 valence electrons. The lowest BCUT2D eigenvalue weighted by Gasteiger charge is -2.19. The normalized spacial score (nSPS) is 12.0. The molecule has 0 radical (unpaired) electrons. The summed E-state index contributed by atoms with van der Waals surface area (Å²) in [4.78, 5) is 4.83. The highest BCUT2D eigenvalue weighted by atomic mass is 16.5. The SMILES string of the molecule is CCCCC(N)=Nc1c(C(C)C)cc(Oc2ccccc2)cc1C(C)C. The summed E-state index contributed by atoms with van der Waals surface area (Å²) in [6.07, 6.45) is 3.03. The molecule has 0 amide bonds. The third-order valence-electron chi connectivity index (χ3n) is 4.41. The molecular weight excluding hydrogens is 320 g/mol. The lowest BCUT2D eigenvalue weighted by atomic mass is 9.92. The number of unbranched alkanes of at least 4 members (excludes halogenated alkanes) is 1. The molecule has 2 aromatic carbocycles. The molecule has 0 aliphatic carbocycles. The fourth-order valence-corrected chi connectivity index (χ4v) is 2.90. The molecule has 0 aliphatic rings. The van der Waals surface area contributed by atoms with Crippen LogP contribution in [0.5, 0.6) is 11.5 Å². The average Bonchev–Trinajstić information content (AvgIpc) is 2.61. The first-order valence-corrected chi connectivity index (χ1v) is 9.66. The second kappa shape index (κ2) is 9.42. The van der Waals surface area contributed by atoms with E-state index in [4.69, 9.17) is 15.5 Å². The third-order valence-corrected chi connectivity index (χ3v) is 4.41. The Morgan fingerprint density at radius 1 is 0.962 bits per heavy atom. The molecule has 3 heteroatoms. The van der Waals surface area contributed by atoms with E-state index in [2.05, 4.69) is 46.8 Å². The van der Waals surface area contributed by atoms with E-state index in [1.54, 1.807) is 0 Å². The van der Waals surface area contributed by atoms with Crippen molar-refractivity contribution in [2.24, 2.45) is 10.7 Å². The van der Waals surface area contributed by atoms with Crippen LogP contribution >= 0.6 is 0 Å². The molecule has 3 nitrogen and oxygen atoms in total. The highest BCUT2D eigenvalue weighted by Crippen LogP contribution is 2.39. The summed E-state index contributed by atoms with van der Waals surface area (Å²) in [5, 5.41) is 0. The van der Waals surface area contributed by atoms with Crippen molar-refractivity contribution < 1.29 is 4.74 Å². The van der Waals surface area contributed by atoms with Crippen molar-refractivity contribution in [2.45, 2.75) is 65.7 Å². The van der Waals surface area contributed by atoms with E-state index in [0.717, 1.165) is 36.4 Å². The maximum atomic E-state index is 6.21. The van der Waals surface area contributed by atoms with Gasteiger partial charge in [-0.05, 0) is 53.6 Å². The predicted molar refractivity (Wildman–Crippen MR) is 112 cm³/mol. The number of rotatable bonds is 8. The van der Waals surface area contributed by atoms with Crippen LogP contribution in [0.25, 0.3) is 0 Å². The third kappa shape index (κ3) is 5.35. The second-order valence-electron chi connectivity index (χ2n) is 7.38. The molecule has 0 spiro atoms. The first-order valence-electron chi connectivity index (χ1n) is 9.66. The van der Waals surface area contributed by atoms with Crippen LogP contribution in [-0.4, -0.2) is 5.84 Å². The number of nitrogens with zero attached hydrogens (tertiary/aromatic N) is 1. The summed E-state index contributed by atoms with van der Waals surface area (Å²) < 4.78 is 6.11. The Balaban J connectivity index is 2.49. The average molecular weight is 353 g/mol. The zero-order valence-electron chi connectivity index (χ0n) is 16.8. The van der Waals surface area contributed by atoms with Gasteiger partial charge in [0.05, 0.1) is 11.5 Å². The Kier molecular flexibility index (Phi) is 7.26. The van der Waals surface area contributed by atoms with Crippen molar-refractivity contribution >= 4 is 11.5 Å². The second-order valence-corrected chi connectivity index (χ2v) is 7.38. The molecule has 26 heavy (non-hydrogen) atoms. The number of aliphatic imine (C=N–C) groups is 1. The lowest BCUT2D eigenvalue weighted by Crippen LogP contribution is -2.11. The minimum atomic E-state index is 0.338. The van der Waals surface area contributed by atoms with Crippen molar-refractivity contribution in [3.8, 4) is 11.5 Å². The summed E-state index contributed by atoms with van der Waals surface area (Å²) in [6, 6.07) is 14.1. The number of ether oxygens (including phenoxy) is 1.